The van der Waals surface area contributed by atoms with Crippen molar-refractivity contribution in [1.82, 2.24) is 9.80 Å². The molecule has 0 spiro atoms. The molecule has 2 aliphatic rings. The minimum atomic E-state index is -0.970. The molecule has 1 aromatic carbocycles. The molecule has 2 amide bonds. The number of ether oxygens (including phenoxy) is 1. The number of hydrogen-bond donors (Lipinski definition) is 1. The highest BCUT2D eigenvalue weighted by Crippen LogP contribution is 2.36. The summed E-state index contributed by atoms with van der Waals surface area (Å²) in [6.45, 7) is 0.946. The van der Waals surface area contributed by atoms with Gasteiger partial charge in [-0.05, 0) is 18.6 Å². The lowest BCUT2D eigenvalue weighted by molar-refractivity contribution is -0.141. The zero-order valence-electron chi connectivity index (χ0n) is 14.1. The van der Waals surface area contributed by atoms with E-state index in [9.17, 15) is 14.4 Å². The van der Waals surface area contributed by atoms with Crippen LogP contribution in [0.1, 0.15) is 23.2 Å². The summed E-state index contributed by atoms with van der Waals surface area (Å²) in [6, 6.07) is 2.90. The summed E-state index contributed by atoms with van der Waals surface area (Å²) in [4.78, 5) is 39.3. The van der Waals surface area contributed by atoms with Crippen LogP contribution in [-0.2, 0) is 9.59 Å². The minimum Gasteiger partial charge on any atom is -0.494 e. The lowest BCUT2D eigenvalue weighted by atomic mass is 10.1. The van der Waals surface area contributed by atoms with Crippen molar-refractivity contribution in [2.24, 2.45) is 5.92 Å². The third kappa shape index (κ3) is 3.33. The van der Waals surface area contributed by atoms with Gasteiger partial charge in [-0.2, -0.15) is 0 Å². The van der Waals surface area contributed by atoms with E-state index in [1.165, 1.54) is 13.2 Å². The number of carboxylic acid groups (broad SMARTS) is 1. The summed E-state index contributed by atoms with van der Waals surface area (Å²) in [5.41, 5.74) is 0.193. The maximum absolute atomic E-state index is 12.9. The third-order valence-corrected chi connectivity index (χ3v) is 5.49. The average Bonchev–Trinajstić information content (AvgIpc) is 3.22. The number of carbonyl (C=O) groups excluding carboxylic acids is 2. The zero-order chi connectivity index (χ0) is 19.0. The molecule has 140 valence electrons. The van der Waals surface area contributed by atoms with Crippen molar-refractivity contribution in [1.29, 1.82) is 0 Å². The molecule has 2 fully saturated rings. The number of aliphatic carboxylic acids is 1. The molecular formula is C17H18Cl2N2O5. The second kappa shape index (κ2) is 7.32. The van der Waals surface area contributed by atoms with E-state index in [4.69, 9.17) is 33.0 Å². The number of halogens is 2. The van der Waals surface area contributed by atoms with Crippen LogP contribution in [0.4, 0.5) is 0 Å². The zero-order valence-corrected chi connectivity index (χ0v) is 15.6. The highest BCUT2D eigenvalue weighted by atomic mass is 35.5. The molecule has 0 radical (unpaired) electrons. The fraction of sp³-hybridized carbons (Fsp3) is 0.471. The fourth-order valence-corrected chi connectivity index (χ4v) is 3.99. The Morgan fingerprint density at radius 2 is 1.92 bits per heavy atom. The summed E-state index contributed by atoms with van der Waals surface area (Å²) in [5, 5.41) is 9.64. The van der Waals surface area contributed by atoms with Crippen molar-refractivity contribution in [3.05, 3.63) is 27.7 Å². The molecule has 2 saturated heterocycles. The number of benzene rings is 1. The van der Waals surface area contributed by atoms with Gasteiger partial charge in [-0.1, -0.05) is 23.2 Å². The number of likely N-dealkylation sites (tertiary alicyclic amines) is 2. The van der Waals surface area contributed by atoms with E-state index in [0.29, 0.717) is 19.5 Å². The number of carbonyl (C=O) groups is 3. The maximum atomic E-state index is 12.9. The van der Waals surface area contributed by atoms with Gasteiger partial charge in [0, 0.05) is 26.1 Å². The van der Waals surface area contributed by atoms with E-state index in [1.54, 1.807) is 15.9 Å². The first-order valence-electron chi connectivity index (χ1n) is 8.17. The number of hydrogen-bond acceptors (Lipinski definition) is 4. The van der Waals surface area contributed by atoms with E-state index in [2.05, 4.69) is 0 Å². The Morgan fingerprint density at radius 1 is 1.23 bits per heavy atom. The van der Waals surface area contributed by atoms with Crippen molar-refractivity contribution in [3.8, 4) is 5.75 Å². The van der Waals surface area contributed by atoms with Gasteiger partial charge in [0.2, 0.25) is 5.91 Å². The van der Waals surface area contributed by atoms with Crippen LogP contribution >= 0.6 is 23.2 Å². The minimum absolute atomic E-state index is 0.00766. The van der Waals surface area contributed by atoms with Gasteiger partial charge in [-0.15, -0.1) is 0 Å². The summed E-state index contributed by atoms with van der Waals surface area (Å²) in [5.74, 6) is -1.94. The fourth-order valence-electron chi connectivity index (χ4n) is 3.52. The Labute approximate surface area is 160 Å². The predicted octanol–water partition coefficient (Wildman–Crippen LogP) is 2.15. The predicted molar refractivity (Wildman–Crippen MR) is 94.8 cm³/mol. The summed E-state index contributed by atoms with van der Waals surface area (Å²) < 4.78 is 5.23. The largest absolute Gasteiger partial charge is 0.494 e. The molecule has 0 bridgehead atoms. The van der Waals surface area contributed by atoms with Crippen LogP contribution in [0.3, 0.4) is 0 Å². The van der Waals surface area contributed by atoms with Crippen LogP contribution in [0.2, 0.25) is 10.0 Å². The lowest BCUT2D eigenvalue weighted by Gasteiger charge is -2.25. The molecular weight excluding hydrogens is 383 g/mol. The Bertz CT molecular complexity index is 770. The number of rotatable bonds is 4. The molecule has 2 atom stereocenters. The van der Waals surface area contributed by atoms with E-state index in [0.717, 1.165) is 0 Å². The van der Waals surface area contributed by atoms with Crippen LogP contribution in [0.5, 0.6) is 5.75 Å². The summed E-state index contributed by atoms with van der Waals surface area (Å²) in [7, 11) is 1.41. The molecule has 0 aromatic heterocycles. The Kier molecular flexibility index (Phi) is 5.29. The van der Waals surface area contributed by atoms with Gasteiger partial charge in [0.25, 0.3) is 5.91 Å². The van der Waals surface area contributed by atoms with Crippen LogP contribution < -0.4 is 4.74 Å². The molecule has 3 rings (SSSR count). The quantitative estimate of drug-likeness (QED) is 0.836. The first kappa shape index (κ1) is 18.8. The monoisotopic (exact) mass is 400 g/mol. The average molecular weight is 401 g/mol. The first-order valence-corrected chi connectivity index (χ1v) is 8.92. The second-order valence-electron chi connectivity index (χ2n) is 6.42. The summed E-state index contributed by atoms with van der Waals surface area (Å²) in [6.07, 6.45) is 0.595. The number of amides is 2. The Balaban J connectivity index is 1.76. The van der Waals surface area contributed by atoms with Gasteiger partial charge in [0.05, 0.1) is 29.1 Å². The Hall–Kier alpha value is -1.99. The highest BCUT2D eigenvalue weighted by molar-refractivity contribution is 6.37. The van der Waals surface area contributed by atoms with Crippen molar-refractivity contribution in [2.45, 2.75) is 18.9 Å². The van der Waals surface area contributed by atoms with Gasteiger partial charge in [0.15, 0.2) is 5.75 Å². The van der Waals surface area contributed by atoms with Gasteiger partial charge in [-0.3, -0.25) is 14.4 Å². The van der Waals surface area contributed by atoms with Crippen molar-refractivity contribution < 1.29 is 24.2 Å². The standard InChI is InChI=1S/C17H18Cl2N2O5/c1-26-15-12(19)3-2-11(18)14(15)16(23)20-5-4-10(8-20)21-7-9(17(24)25)6-13(21)22/h2-3,9-10H,4-8H2,1H3,(H,24,25). The molecule has 1 N–H and O–H groups in total. The molecule has 0 aliphatic carbocycles. The molecule has 0 saturated carbocycles. The molecule has 1 aromatic rings. The maximum Gasteiger partial charge on any atom is 0.308 e. The molecule has 7 nitrogen and oxygen atoms in total. The van der Waals surface area contributed by atoms with Crippen molar-refractivity contribution in [2.75, 3.05) is 26.7 Å². The normalized spacial score (nSPS) is 22.8. The molecule has 2 heterocycles. The topological polar surface area (TPSA) is 87.2 Å². The molecule has 2 aliphatic heterocycles. The number of carboxylic acids is 1. The lowest BCUT2D eigenvalue weighted by Crippen LogP contribution is -2.40. The highest BCUT2D eigenvalue weighted by Gasteiger charge is 2.41. The SMILES string of the molecule is COc1c(Cl)ccc(Cl)c1C(=O)N1CCC(N2CC(C(=O)O)CC2=O)C1. The van der Waals surface area contributed by atoms with E-state index in [-0.39, 0.29) is 52.2 Å². The molecule has 2 unspecified atom stereocenters. The summed E-state index contributed by atoms with van der Waals surface area (Å²) >= 11 is 12.3. The van der Waals surface area contributed by atoms with Crippen molar-refractivity contribution in [3.63, 3.8) is 0 Å². The van der Waals surface area contributed by atoms with E-state index in [1.807, 2.05) is 0 Å². The van der Waals surface area contributed by atoms with Crippen LogP contribution in [0.25, 0.3) is 0 Å². The number of nitrogens with zero attached hydrogens (tertiary/aromatic N) is 2. The van der Waals surface area contributed by atoms with E-state index >= 15 is 0 Å². The van der Waals surface area contributed by atoms with Crippen LogP contribution in [0.15, 0.2) is 12.1 Å². The molecule has 26 heavy (non-hydrogen) atoms. The van der Waals surface area contributed by atoms with Crippen LogP contribution in [0, 0.1) is 5.92 Å². The second-order valence-corrected chi connectivity index (χ2v) is 7.23. The number of methoxy groups -OCH3 is 1. The smallest absolute Gasteiger partial charge is 0.308 e. The van der Waals surface area contributed by atoms with Gasteiger partial charge < -0.3 is 19.6 Å². The Morgan fingerprint density at radius 3 is 2.54 bits per heavy atom. The third-order valence-electron chi connectivity index (χ3n) is 4.88. The van der Waals surface area contributed by atoms with E-state index < -0.39 is 11.9 Å². The van der Waals surface area contributed by atoms with Crippen LogP contribution in [-0.4, -0.2) is 65.5 Å². The van der Waals surface area contributed by atoms with Gasteiger partial charge >= 0.3 is 5.97 Å². The van der Waals surface area contributed by atoms with Gasteiger partial charge in [-0.25, -0.2) is 0 Å². The van der Waals surface area contributed by atoms with Gasteiger partial charge in [0.1, 0.15) is 5.56 Å². The first-order chi connectivity index (χ1) is 12.3. The van der Waals surface area contributed by atoms with Crippen molar-refractivity contribution >= 4 is 41.0 Å². The molecule has 9 heteroatoms.